The smallest absolute Gasteiger partial charge is 0.390 e. The van der Waals surface area contributed by atoms with Crippen molar-refractivity contribution in [1.82, 2.24) is 15.1 Å². The van der Waals surface area contributed by atoms with Crippen LogP contribution in [0, 0.1) is 5.92 Å². The van der Waals surface area contributed by atoms with Crippen LogP contribution in [0.15, 0.2) is 0 Å². The van der Waals surface area contributed by atoms with Gasteiger partial charge in [0.2, 0.25) is 10.1 Å². The molecule has 0 saturated carbocycles. The first-order chi connectivity index (χ1) is 9.84. The highest BCUT2D eigenvalue weighted by Gasteiger charge is 2.35. The normalized spacial score (nSPS) is 19.7. The van der Waals surface area contributed by atoms with Gasteiger partial charge in [0.15, 0.2) is 0 Å². The molecule has 0 amide bonds. The summed E-state index contributed by atoms with van der Waals surface area (Å²) in [5.41, 5.74) is 0. The lowest BCUT2D eigenvalue weighted by atomic mass is 9.99. The quantitative estimate of drug-likeness (QED) is 0.868. The van der Waals surface area contributed by atoms with Gasteiger partial charge in [-0.25, -0.2) is 0 Å². The molecule has 2 heterocycles. The number of likely N-dealkylation sites (tertiary alicyclic amines) is 1. The lowest BCUT2D eigenvalue weighted by Gasteiger charge is -2.31. The number of anilines is 1. The van der Waals surface area contributed by atoms with Crippen LogP contribution >= 0.6 is 11.3 Å². The maximum absolute atomic E-state index is 12.4. The second-order valence-corrected chi connectivity index (χ2v) is 6.41. The number of hydrogen-bond acceptors (Lipinski definition) is 6. The molecule has 2 N–H and O–H groups in total. The fourth-order valence-corrected chi connectivity index (χ4v) is 2.84. The van der Waals surface area contributed by atoms with Crippen LogP contribution in [0.1, 0.15) is 24.8 Å². The Labute approximate surface area is 125 Å². The third-order valence-electron chi connectivity index (χ3n) is 3.50. The minimum Gasteiger partial charge on any atom is -0.390 e. The molecule has 120 valence electrons. The minimum absolute atomic E-state index is 0.0774. The summed E-state index contributed by atoms with van der Waals surface area (Å²) in [7, 11) is 0. The van der Waals surface area contributed by atoms with Crippen molar-refractivity contribution < 1.29 is 18.3 Å². The monoisotopic (exact) mass is 324 g/mol. The lowest BCUT2D eigenvalue weighted by Crippen LogP contribution is -2.40. The summed E-state index contributed by atoms with van der Waals surface area (Å²) in [6.07, 6.45) is -2.88. The second kappa shape index (κ2) is 6.89. The Morgan fingerprint density at radius 3 is 2.62 bits per heavy atom. The summed E-state index contributed by atoms with van der Waals surface area (Å²) >= 11 is 0.445. The molecular formula is C12H19F3N4OS. The standard InChI is InChI=1S/C12H19F3N4OS/c1-8-2-4-19(5-3-8)7-9(20)6-16-11-18-17-10(21-11)12(13,14)15/h8-9,20H,2-7H2,1H3,(H,16,18). The zero-order valence-corrected chi connectivity index (χ0v) is 12.5. The van der Waals surface area contributed by atoms with Gasteiger partial charge in [-0.05, 0) is 31.8 Å². The number of alkyl halides is 3. The molecule has 1 aromatic heterocycles. The van der Waals surface area contributed by atoms with Crippen LogP contribution in [-0.4, -0.2) is 52.5 Å². The lowest BCUT2D eigenvalue weighted by molar-refractivity contribution is -0.138. The van der Waals surface area contributed by atoms with Gasteiger partial charge in [0.1, 0.15) is 0 Å². The van der Waals surface area contributed by atoms with E-state index in [1.165, 1.54) is 0 Å². The Morgan fingerprint density at radius 1 is 1.38 bits per heavy atom. The molecule has 21 heavy (non-hydrogen) atoms. The van der Waals surface area contributed by atoms with Gasteiger partial charge in [-0.15, -0.1) is 10.2 Å². The van der Waals surface area contributed by atoms with E-state index in [2.05, 4.69) is 27.3 Å². The molecule has 1 aliphatic rings. The number of hydrogen-bond donors (Lipinski definition) is 2. The maximum atomic E-state index is 12.4. The molecule has 1 atom stereocenters. The Balaban J connectivity index is 1.73. The van der Waals surface area contributed by atoms with E-state index in [-0.39, 0.29) is 11.7 Å². The molecule has 1 aromatic rings. The number of aromatic nitrogens is 2. The second-order valence-electron chi connectivity index (χ2n) is 5.43. The number of aliphatic hydroxyl groups excluding tert-OH is 1. The summed E-state index contributed by atoms with van der Waals surface area (Å²) < 4.78 is 37.1. The summed E-state index contributed by atoms with van der Waals surface area (Å²) in [4.78, 5) is 2.17. The van der Waals surface area contributed by atoms with Crippen LogP contribution < -0.4 is 5.32 Å². The van der Waals surface area contributed by atoms with Crippen LogP contribution in [-0.2, 0) is 6.18 Å². The average molecular weight is 324 g/mol. The predicted octanol–water partition coefficient (Wildman–Crippen LogP) is 2.06. The van der Waals surface area contributed by atoms with Gasteiger partial charge in [-0.2, -0.15) is 13.2 Å². The van der Waals surface area contributed by atoms with Crippen LogP contribution in [0.4, 0.5) is 18.3 Å². The number of nitrogens with one attached hydrogen (secondary N) is 1. The maximum Gasteiger partial charge on any atom is 0.445 e. The first kappa shape index (κ1) is 16.4. The molecule has 0 aliphatic carbocycles. The summed E-state index contributed by atoms with van der Waals surface area (Å²) in [6, 6.07) is 0. The largest absolute Gasteiger partial charge is 0.445 e. The molecule has 0 aromatic carbocycles. The number of piperidine rings is 1. The van der Waals surface area contributed by atoms with Crippen molar-refractivity contribution >= 4 is 16.5 Å². The molecule has 1 aliphatic heterocycles. The van der Waals surface area contributed by atoms with Crippen molar-refractivity contribution in [3.8, 4) is 0 Å². The van der Waals surface area contributed by atoms with Crippen molar-refractivity contribution in [2.45, 2.75) is 32.0 Å². The van der Waals surface area contributed by atoms with E-state index in [1.54, 1.807) is 0 Å². The van der Waals surface area contributed by atoms with Crippen molar-refractivity contribution in [2.24, 2.45) is 5.92 Å². The summed E-state index contributed by atoms with van der Waals surface area (Å²) in [5.74, 6) is 0.721. The average Bonchev–Trinajstić information content (AvgIpc) is 2.88. The van der Waals surface area contributed by atoms with Gasteiger partial charge >= 0.3 is 6.18 Å². The zero-order chi connectivity index (χ0) is 15.5. The Hall–Kier alpha value is -0.930. The Bertz CT molecular complexity index is 446. The Kier molecular flexibility index (Phi) is 5.39. The predicted molar refractivity (Wildman–Crippen MR) is 74.2 cm³/mol. The number of halogens is 3. The number of rotatable bonds is 5. The van der Waals surface area contributed by atoms with Crippen LogP contribution in [0.2, 0.25) is 0 Å². The Morgan fingerprint density at radius 2 is 2.05 bits per heavy atom. The van der Waals surface area contributed by atoms with E-state index < -0.39 is 17.3 Å². The minimum atomic E-state index is -4.47. The number of β-amino-alcohol motifs (C(OH)–C–C–N with tert-alkyl or cyclic N) is 1. The highest BCUT2D eigenvalue weighted by molar-refractivity contribution is 7.15. The van der Waals surface area contributed by atoms with E-state index in [1.807, 2.05) is 0 Å². The highest BCUT2D eigenvalue weighted by atomic mass is 32.1. The molecule has 1 fully saturated rings. The molecular weight excluding hydrogens is 305 g/mol. The van der Waals surface area contributed by atoms with Gasteiger partial charge in [-0.3, -0.25) is 0 Å². The van der Waals surface area contributed by atoms with Crippen molar-refractivity contribution in [3.63, 3.8) is 0 Å². The number of aliphatic hydroxyl groups is 1. The molecule has 5 nitrogen and oxygen atoms in total. The third-order valence-corrected chi connectivity index (χ3v) is 4.43. The first-order valence-corrected chi connectivity index (χ1v) is 7.71. The molecule has 1 saturated heterocycles. The molecule has 0 radical (unpaired) electrons. The molecule has 0 spiro atoms. The van der Waals surface area contributed by atoms with E-state index >= 15 is 0 Å². The van der Waals surface area contributed by atoms with Crippen LogP contribution in [0.5, 0.6) is 0 Å². The first-order valence-electron chi connectivity index (χ1n) is 6.89. The molecule has 2 rings (SSSR count). The van der Waals surface area contributed by atoms with Crippen molar-refractivity contribution in [1.29, 1.82) is 0 Å². The van der Waals surface area contributed by atoms with Gasteiger partial charge < -0.3 is 15.3 Å². The fourth-order valence-electron chi connectivity index (χ4n) is 2.22. The van der Waals surface area contributed by atoms with E-state index in [9.17, 15) is 18.3 Å². The van der Waals surface area contributed by atoms with Crippen molar-refractivity contribution in [3.05, 3.63) is 5.01 Å². The molecule has 0 bridgehead atoms. The topological polar surface area (TPSA) is 61.3 Å². The van der Waals surface area contributed by atoms with Crippen molar-refractivity contribution in [2.75, 3.05) is 31.5 Å². The SMILES string of the molecule is CC1CCN(CC(O)CNc2nnc(C(F)(F)F)s2)CC1. The van der Waals surface area contributed by atoms with Gasteiger partial charge in [0.25, 0.3) is 0 Å². The van der Waals surface area contributed by atoms with Gasteiger partial charge in [-0.1, -0.05) is 18.3 Å². The summed E-state index contributed by atoms with van der Waals surface area (Å²) in [5, 5.41) is 18.2. The van der Waals surface area contributed by atoms with E-state index in [4.69, 9.17) is 0 Å². The van der Waals surface area contributed by atoms with Crippen LogP contribution in [0.3, 0.4) is 0 Å². The fraction of sp³-hybridized carbons (Fsp3) is 0.833. The number of nitrogens with zero attached hydrogens (tertiary/aromatic N) is 3. The van der Waals surface area contributed by atoms with Gasteiger partial charge in [0, 0.05) is 13.1 Å². The summed E-state index contributed by atoms with van der Waals surface area (Å²) in [6.45, 7) is 4.80. The van der Waals surface area contributed by atoms with E-state index in [0.717, 1.165) is 31.8 Å². The third kappa shape index (κ3) is 5.08. The molecule has 9 heteroatoms. The zero-order valence-electron chi connectivity index (χ0n) is 11.7. The highest BCUT2D eigenvalue weighted by Crippen LogP contribution is 2.32. The molecule has 1 unspecified atom stereocenters. The van der Waals surface area contributed by atoms with Gasteiger partial charge in [0.05, 0.1) is 6.10 Å². The van der Waals surface area contributed by atoms with Crippen LogP contribution in [0.25, 0.3) is 0 Å². The van der Waals surface area contributed by atoms with E-state index in [0.29, 0.717) is 17.9 Å².